The summed E-state index contributed by atoms with van der Waals surface area (Å²) < 4.78 is 27.3. The van der Waals surface area contributed by atoms with E-state index in [1.54, 1.807) is 12.1 Å². The second kappa shape index (κ2) is 8.42. The standard InChI is InChI=1S/C20H23ClN2O3S/c1-15-9-10-18(12-19(15)21)27(25,26)23-11-5-8-17(14-23)20(24)22-13-16-6-3-2-4-7-16/h2-4,6-7,9-10,12,17H,5,8,11,13-14H2,1H3,(H,22,24)/t17-/m1/s1. The molecule has 2 aromatic carbocycles. The normalized spacial score (nSPS) is 18.2. The van der Waals surface area contributed by atoms with Crippen molar-refractivity contribution in [2.24, 2.45) is 5.92 Å². The Morgan fingerprint density at radius 2 is 1.96 bits per heavy atom. The van der Waals surface area contributed by atoms with E-state index in [0.717, 1.165) is 11.1 Å². The summed E-state index contributed by atoms with van der Waals surface area (Å²) in [6.07, 6.45) is 1.34. The number of amides is 1. The lowest BCUT2D eigenvalue weighted by molar-refractivity contribution is -0.126. The average Bonchev–Trinajstić information content (AvgIpc) is 2.69. The van der Waals surface area contributed by atoms with Crippen LogP contribution < -0.4 is 5.32 Å². The molecular formula is C20H23ClN2O3S. The number of carbonyl (C=O) groups is 1. The van der Waals surface area contributed by atoms with Gasteiger partial charge in [0.15, 0.2) is 0 Å². The van der Waals surface area contributed by atoms with Crippen LogP contribution in [0.4, 0.5) is 0 Å². The molecule has 1 aliphatic rings. The number of hydrogen-bond donors (Lipinski definition) is 1. The van der Waals surface area contributed by atoms with Gasteiger partial charge in [-0.05, 0) is 43.0 Å². The highest BCUT2D eigenvalue weighted by molar-refractivity contribution is 7.89. The number of nitrogens with zero attached hydrogens (tertiary/aromatic N) is 1. The van der Waals surface area contributed by atoms with Crippen molar-refractivity contribution < 1.29 is 13.2 Å². The third-order valence-corrected chi connectivity index (χ3v) is 7.11. The van der Waals surface area contributed by atoms with Gasteiger partial charge in [0, 0.05) is 24.7 Å². The van der Waals surface area contributed by atoms with Gasteiger partial charge in [-0.25, -0.2) is 8.42 Å². The molecule has 0 aliphatic carbocycles. The van der Waals surface area contributed by atoms with Gasteiger partial charge in [-0.1, -0.05) is 48.0 Å². The summed E-state index contributed by atoms with van der Waals surface area (Å²) in [5, 5.41) is 3.34. The molecule has 0 aromatic heterocycles. The lowest BCUT2D eigenvalue weighted by Crippen LogP contribution is -2.45. The van der Waals surface area contributed by atoms with E-state index in [0.29, 0.717) is 31.0 Å². The van der Waals surface area contributed by atoms with Gasteiger partial charge in [-0.3, -0.25) is 4.79 Å². The van der Waals surface area contributed by atoms with Gasteiger partial charge in [0.25, 0.3) is 0 Å². The van der Waals surface area contributed by atoms with E-state index in [4.69, 9.17) is 11.6 Å². The summed E-state index contributed by atoms with van der Waals surface area (Å²) in [6.45, 7) is 2.87. The smallest absolute Gasteiger partial charge is 0.243 e. The van der Waals surface area contributed by atoms with E-state index >= 15 is 0 Å². The van der Waals surface area contributed by atoms with Crippen LogP contribution in [0.1, 0.15) is 24.0 Å². The first-order valence-corrected chi connectivity index (χ1v) is 10.8. The summed E-state index contributed by atoms with van der Waals surface area (Å²) in [6, 6.07) is 14.4. The Kier molecular flexibility index (Phi) is 6.19. The molecule has 2 aromatic rings. The fraction of sp³-hybridized carbons (Fsp3) is 0.350. The van der Waals surface area contributed by atoms with Gasteiger partial charge in [-0.15, -0.1) is 0 Å². The number of hydrogen-bond acceptors (Lipinski definition) is 3. The number of rotatable bonds is 5. The zero-order valence-electron chi connectivity index (χ0n) is 15.2. The van der Waals surface area contributed by atoms with Crippen LogP contribution in [0.15, 0.2) is 53.4 Å². The van der Waals surface area contributed by atoms with E-state index in [9.17, 15) is 13.2 Å². The molecule has 1 N–H and O–H groups in total. The Morgan fingerprint density at radius 1 is 1.22 bits per heavy atom. The number of piperidine rings is 1. The molecule has 0 bridgehead atoms. The summed E-state index contributed by atoms with van der Waals surface area (Å²) in [7, 11) is -3.67. The lowest BCUT2D eigenvalue weighted by Gasteiger charge is -2.31. The van der Waals surface area contributed by atoms with Crippen LogP contribution in [-0.4, -0.2) is 31.7 Å². The fourth-order valence-electron chi connectivity index (χ4n) is 3.19. The molecule has 0 radical (unpaired) electrons. The van der Waals surface area contributed by atoms with Crippen LogP contribution in [0.5, 0.6) is 0 Å². The van der Waals surface area contributed by atoms with E-state index in [1.807, 2.05) is 37.3 Å². The van der Waals surface area contributed by atoms with Gasteiger partial charge in [0.05, 0.1) is 10.8 Å². The Bertz CT molecular complexity index is 916. The van der Waals surface area contributed by atoms with E-state index in [2.05, 4.69) is 5.32 Å². The zero-order chi connectivity index (χ0) is 19.4. The number of benzene rings is 2. The molecule has 1 atom stereocenters. The molecule has 1 aliphatic heterocycles. The first kappa shape index (κ1) is 19.9. The Hall–Kier alpha value is -1.89. The number of nitrogens with one attached hydrogen (secondary N) is 1. The number of halogens is 1. The van der Waals surface area contributed by atoms with Crippen molar-refractivity contribution in [2.75, 3.05) is 13.1 Å². The maximum Gasteiger partial charge on any atom is 0.243 e. The molecule has 0 spiro atoms. The highest BCUT2D eigenvalue weighted by Crippen LogP contribution is 2.26. The molecule has 0 saturated carbocycles. The largest absolute Gasteiger partial charge is 0.352 e. The van der Waals surface area contributed by atoms with Crippen LogP contribution in [0, 0.1) is 12.8 Å². The van der Waals surface area contributed by atoms with Crippen LogP contribution in [-0.2, 0) is 21.4 Å². The Morgan fingerprint density at radius 3 is 2.67 bits per heavy atom. The second-order valence-corrected chi connectivity index (χ2v) is 9.16. The Labute approximate surface area is 165 Å². The summed E-state index contributed by atoms with van der Waals surface area (Å²) >= 11 is 6.09. The summed E-state index contributed by atoms with van der Waals surface area (Å²) in [5.74, 6) is -0.459. The number of aryl methyl sites for hydroxylation is 1. The predicted molar refractivity (Wildman–Crippen MR) is 106 cm³/mol. The molecule has 1 heterocycles. The quantitative estimate of drug-likeness (QED) is 0.827. The molecule has 144 valence electrons. The zero-order valence-corrected chi connectivity index (χ0v) is 16.8. The highest BCUT2D eigenvalue weighted by Gasteiger charge is 2.33. The summed E-state index contributed by atoms with van der Waals surface area (Å²) in [5.41, 5.74) is 1.84. The van der Waals surface area contributed by atoms with Gasteiger partial charge >= 0.3 is 0 Å². The van der Waals surface area contributed by atoms with Gasteiger partial charge in [0.1, 0.15) is 0 Å². The Balaban J connectivity index is 1.67. The second-order valence-electron chi connectivity index (χ2n) is 6.82. The topological polar surface area (TPSA) is 66.5 Å². The lowest BCUT2D eigenvalue weighted by atomic mass is 9.99. The molecule has 1 saturated heterocycles. The minimum absolute atomic E-state index is 0.110. The highest BCUT2D eigenvalue weighted by atomic mass is 35.5. The minimum Gasteiger partial charge on any atom is -0.352 e. The third-order valence-electron chi connectivity index (χ3n) is 4.85. The first-order chi connectivity index (χ1) is 12.9. The SMILES string of the molecule is Cc1ccc(S(=O)(=O)N2CCC[C@@H](C(=O)NCc3ccccc3)C2)cc1Cl. The van der Waals surface area contributed by atoms with Gasteiger partial charge < -0.3 is 5.32 Å². The maximum atomic E-state index is 12.9. The average molecular weight is 407 g/mol. The van der Waals surface area contributed by atoms with Crippen molar-refractivity contribution in [3.05, 3.63) is 64.7 Å². The first-order valence-electron chi connectivity index (χ1n) is 8.96. The van der Waals surface area contributed by atoms with E-state index in [-0.39, 0.29) is 23.3 Å². The van der Waals surface area contributed by atoms with Crippen molar-refractivity contribution in [3.63, 3.8) is 0 Å². The summed E-state index contributed by atoms with van der Waals surface area (Å²) in [4.78, 5) is 12.7. The van der Waals surface area contributed by atoms with Crippen molar-refractivity contribution in [2.45, 2.75) is 31.2 Å². The molecule has 27 heavy (non-hydrogen) atoms. The van der Waals surface area contributed by atoms with Crippen LogP contribution in [0.2, 0.25) is 5.02 Å². The monoisotopic (exact) mass is 406 g/mol. The van der Waals surface area contributed by atoms with Crippen LogP contribution in [0.25, 0.3) is 0 Å². The molecule has 5 nitrogen and oxygen atoms in total. The van der Waals surface area contributed by atoms with E-state index in [1.165, 1.54) is 10.4 Å². The van der Waals surface area contributed by atoms with Crippen molar-refractivity contribution in [1.82, 2.24) is 9.62 Å². The number of sulfonamides is 1. The maximum absolute atomic E-state index is 12.9. The molecule has 1 amide bonds. The molecule has 1 fully saturated rings. The van der Waals surface area contributed by atoms with Crippen LogP contribution in [0.3, 0.4) is 0 Å². The molecule has 0 unspecified atom stereocenters. The van der Waals surface area contributed by atoms with Gasteiger partial charge in [0.2, 0.25) is 15.9 Å². The van der Waals surface area contributed by atoms with Gasteiger partial charge in [-0.2, -0.15) is 4.31 Å². The fourth-order valence-corrected chi connectivity index (χ4v) is 4.98. The molecular weight excluding hydrogens is 384 g/mol. The third kappa shape index (κ3) is 4.69. The predicted octanol–water partition coefficient (Wildman–Crippen LogP) is 3.37. The minimum atomic E-state index is -3.67. The van der Waals surface area contributed by atoms with Crippen molar-refractivity contribution >= 4 is 27.5 Å². The van der Waals surface area contributed by atoms with E-state index < -0.39 is 10.0 Å². The van der Waals surface area contributed by atoms with Crippen molar-refractivity contribution in [1.29, 1.82) is 0 Å². The molecule has 3 rings (SSSR count). The van der Waals surface area contributed by atoms with Crippen LogP contribution >= 0.6 is 11.6 Å². The van der Waals surface area contributed by atoms with Crippen molar-refractivity contribution in [3.8, 4) is 0 Å². The molecule has 7 heteroatoms. The number of carbonyl (C=O) groups excluding carboxylic acids is 1.